The van der Waals surface area contributed by atoms with Gasteiger partial charge in [0.15, 0.2) is 5.69 Å². The Balaban J connectivity index is 1.84. The van der Waals surface area contributed by atoms with E-state index in [1.165, 1.54) is 11.0 Å². The minimum Gasteiger partial charge on any atom is -0.481 e. The van der Waals surface area contributed by atoms with Gasteiger partial charge in [-0.2, -0.15) is 9.90 Å². The number of aromatic nitrogens is 3. The molecule has 110 valence electrons. The number of benzene rings is 1. The summed E-state index contributed by atoms with van der Waals surface area (Å²) in [6, 6.07) is 9.29. The number of carboxylic acid groups (broad SMARTS) is 1. The molecule has 0 radical (unpaired) electrons. The molecule has 21 heavy (non-hydrogen) atoms. The van der Waals surface area contributed by atoms with Crippen LogP contribution in [0, 0.1) is 0 Å². The molecule has 0 unspecified atom stereocenters. The van der Waals surface area contributed by atoms with Gasteiger partial charge in [-0.3, -0.25) is 9.59 Å². The lowest BCUT2D eigenvalue weighted by Gasteiger charge is -2.01. The van der Waals surface area contributed by atoms with Crippen molar-refractivity contribution in [2.24, 2.45) is 0 Å². The van der Waals surface area contributed by atoms with Gasteiger partial charge in [0.1, 0.15) is 0 Å². The maximum absolute atomic E-state index is 11.8. The van der Waals surface area contributed by atoms with Crippen molar-refractivity contribution in [3.8, 4) is 5.69 Å². The quantitative estimate of drug-likeness (QED) is 0.747. The van der Waals surface area contributed by atoms with E-state index >= 15 is 0 Å². The molecule has 7 heteroatoms. The molecule has 0 bridgehead atoms. The number of carbonyl (C=O) groups is 2. The summed E-state index contributed by atoms with van der Waals surface area (Å²) in [4.78, 5) is 23.6. The topological polar surface area (TPSA) is 97.1 Å². The molecule has 1 aromatic carbocycles. The lowest BCUT2D eigenvalue weighted by molar-refractivity contribution is -0.137. The number of carbonyl (C=O) groups excluding carboxylic acids is 1. The summed E-state index contributed by atoms with van der Waals surface area (Å²) in [5, 5.41) is 19.3. The van der Waals surface area contributed by atoms with E-state index in [1.54, 1.807) is 0 Å². The fraction of sp³-hybridized carbons (Fsp3) is 0.286. The second-order valence-corrected chi connectivity index (χ2v) is 4.46. The monoisotopic (exact) mass is 288 g/mol. The molecule has 0 aliphatic rings. The van der Waals surface area contributed by atoms with Gasteiger partial charge in [-0.25, -0.2) is 0 Å². The minimum atomic E-state index is -0.827. The van der Waals surface area contributed by atoms with Crippen molar-refractivity contribution in [1.82, 2.24) is 20.3 Å². The van der Waals surface area contributed by atoms with Crippen LogP contribution in [0.4, 0.5) is 0 Å². The molecule has 0 saturated carbocycles. The first-order chi connectivity index (χ1) is 10.2. The molecule has 1 aromatic heterocycles. The molecule has 0 aliphatic heterocycles. The number of nitrogens with one attached hydrogen (secondary N) is 1. The van der Waals surface area contributed by atoms with Crippen molar-refractivity contribution in [2.75, 3.05) is 6.54 Å². The SMILES string of the molecule is O=C(O)CCCCNC(=O)c1cnn(-c2ccccc2)n1. The van der Waals surface area contributed by atoms with Gasteiger partial charge in [-0.1, -0.05) is 18.2 Å². The lowest BCUT2D eigenvalue weighted by Crippen LogP contribution is -2.25. The molecule has 0 fully saturated rings. The van der Waals surface area contributed by atoms with Gasteiger partial charge in [0, 0.05) is 13.0 Å². The third-order valence-corrected chi connectivity index (χ3v) is 2.81. The van der Waals surface area contributed by atoms with Crippen molar-refractivity contribution < 1.29 is 14.7 Å². The van der Waals surface area contributed by atoms with Gasteiger partial charge in [-0.15, -0.1) is 5.10 Å². The first-order valence-corrected chi connectivity index (χ1v) is 6.64. The van der Waals surface area contributed by atoms with Gasteiger partial charge in [0.2, 0.25) is 0 Å². The highest BCUT2D eigenvalue weighted by molar-refractivity contribution is 5.91. The first kappa shape index (κ1) is 14.7. The van der Waals surface area contributed by atoms with E-state index < -0.39 is 5.97 Å². The van der Waals surface area contributed by atoms with Crippen LogP contribution in [0.5, 0.6) is 0 Å². The predicted octanol–water partition coefficient (Wildman–Crippen LogP) is 1.25. The molecule has 1 amide bonds. The summed E-state index contributed by atoms with van der Waals surface area (Å²) in [7, 11) is 0. The van der Waals surface area contributed by atoms with E-state index in [9.17, 15) is 9.59 Å². The Morgan fingerprint density at radius 1 is 1.19 bits per heavy atom. The predicted molar refractivity (Wildman–Crippen MR) is 75.2 cm³/mol. The summed E-state index contributed by atoms with van der Waals surface area (Å²) in [6.07, 6.45) is 2.66. The number of nitrogens with zero attached hydrogens (tertiary/aromatic N) is 3. The number of rotatable bonds is 7. The molecule has 0 spiro atoms. The van der Waals surface area contributed by atoms with Crippen LogP contribution >= 0.6 is 0 Å². The number of hydrogen-bond donors (Lipinski definition) is 2. The van der Waals surface area contributed by atoms with E-state index in [4.69, 9.17) is 5.11 Å². The number of hydrogen-bond acceptors (Lipinski definition) is 4. The van der Waals surface area contributed by atoms with Crippen LogP contribution in [-0.2, 0) is 4.79 Å². The Hall–Kier alpha value is -2.70. The van der Waals surface area contributed by atoms with Crippen molar-refractivity contribution in [2.45, 2.75) is 19.3 Å². The van der Waals surface area contributed by atoms with Gasteiger partial charge in [0.05, 0.1) is 11.9 Å². The zero-order valence-corrected chi connectivity index (χ0v) is 11.4. The molecule has 2 N–H and O–H groups in total. The molecule has 2 aromatic rings. The summed E-state index contributed by atoms with van der Waals surface area (Å²) in [6.45, 7) is 0.421. The van der Waals surface area contributed by atoms with Gasteiger partial charge < -0.3 is 10.4 Å². The second-order valence-electron chi connectivity index (χ2n) is 4.46. The Morgan fingerprint density at radius 2 is 1.95 bits per heavy atom. The maximum atomic E-state index is 11.8. The fourth-order valence-electron chi connectivity index (χ4n) is 1.75. The van der Waals surface area contributed by atoms with E-state index in [-0.39, 0.29) is 18.0 Å². The van der Waals surface area contributed by atoms with Crippen molar-refractivity contribution >= 4 is 11.9 Å². The van der Waals surface area contributed by atoms with Gasteiger partial charge >= 0.3 is 5.97 Å². The lowest BCUT2D eigenvalue weighted by atomic mass is 10.2. The molecule has 7 nitrogen and oxygen atoms in total. The largest absolute Gasteiger partial charge is 0.481 e. The van der Waals surface area contributed by atoms with E-state index in [0.29, 0.717) is 19.4 Å². The Bertz CT molecular complexity index is 610. The van der Waals surface area contributed by atoms with E-state index in [0.717, 1.165) is 5.69 Å². The molecule has 2 rings (SSSR count). The Kier molecular flexibility index (Phi) is 5.03. The first-order valence-electron chi connectivity index (χ1n) is 6.64. The molecular weight excluding hydrogens is 272 g/mol. The van der Waals surface area contributed by atoms with Crippen molar-refractivity contribution in [1.29, 1.82) is 0 Å². The van der Waals surface area contributed by atoms with Crippen molar-refractivity contribution in [3.05, 3.63) is 42.2 Å². The van der Waals surface area contributed by atoms with Crippen LogP contribution in [-0.4, -0.2) is 38.5 Å². The average Bonchev–Trinajstić information content (AvgIpc) is 2.97. The smallest absolute Gasteiger partial charge is 0.303 e. The van der Waals surface area contributed by atoms with Crippen LogP contribution in [0.3, 0.4) is 0 Å². The van der Waals surface area contributed by atoms with Crippen LogP contribution in [0.25, 0.3) is 5.69 Å². The van der Waals surface area contributed by atoms with Crippen LogP contribution < -0.4 is 5.32 Å². The number of carboxylic acids is 1. The van der Waals surface area contributed by atoms with E-state index in [2.05, 4.69) is 15.5 Å². The van der Waals surface area contributed by atoms with Gasteiger partial charge in [-0.05, 0) is 25.0 Å². The van der Waals surface area contributed by atoms with Crippen LogP contribution in [0.2, 0.25) is 0 Å². The number of aliphatic carboxylic acids is 1. The third-order valence-electron chi connectivity index (χ3n) is 2.81. The highest BCUT2D eigenvalue weighted by Gasteiger charge is 2.10. The summed E-state index contributed by atoms with van der Waals surface area (Å²) >= 11 is 0. The third kappa shape index (κ3) is 4.41. The minimum absolute atomic E-state index is 0.111. The summed E-state index contributed by atoms with van der Waals surface area (Å²) in [5.74, 6) is -1.14. The van der Waals surface area contributed by atoms with Crippen LogP contribution in [0.15, 0.2) is 36.5 Å². The maximum Gasteiger partial charge on any atom is 0.303 e. The number of unbranched alkanes of at least 4 members (excludes halogenated alkanes) is 1. The molecular formula is C14H16N4O3. The molecule has 0 saturated heterocycles. The average molecular weight is 288 g/mol. The van der Waals surface area contributed by atoms with E-state index in [1.807, 2.05) is 30.3 Å². The molecule has 1 heterocycles. The Morgan fingerprint density at radius 3 is 2.67 bits per heavy atom. The Labute approximate surface area is 121 Å². The normalized spacial score (nSPS) is 10.3. The molecule has 0 atom stereocenters. The van der Waals surface area contributed by atoms with Crippen molar-refractivity contribution in [3.63, 3.8) is 0 Å². The summed E-state index contributed by atoms with van der Waals surface area (Å²) in [5.41, 5.74) is 1.01. The van der Waals surface area contributed by atoms with Crippen LogP contribution in [0.1, 0.15) is 29.8 Å². The fourth-order valence-corrected chi connectivity index (χ4v) is 1.75. The van der Waals surface area contributed by atoms with Gasteiger partial charge in [0.25, 0.3) is 5.91 Å². The zero-order valence-electron chi connectivity index (χ0n) is 11.4. The molecule has 0 aliphatic carbocycles. The zero-order chi connectivity index (χ0) is 15.1. The highest BCUT2D eigenvalue weighted by atomic mass is 16.4. The second kappa shape index (κ2) is 7.18. The highest BCUT2D eigenvalue weighted by Crippen LogP contribution is 2.04. The number of para-hydroxylation sites is 1. The standard InChI is InChI=1S/C14H16N4O3/c19-13(20)8-4-5-9-15-14(21)12-10-16-18(17-12)11-6-2-1-3-7-11/h1-3,6-7,10H,4-5,8-9H2,(H,15,21)(H,19,20). The summed E-state index contributed by atoms with van der Waals surface area (Å²) < 4.78 is 0. The number of amides is 1.